The van der Waals surface area contributed by atoms with Crippen molar-refractivity contribution in [3.05, 3.63) is 0 Å². The first-order valence-corrected chi connectivity index (χ1v) is 28.0. The van der Waals surface area contributed by atoms with Crippen LogP contribution in [0.3, 0.4) is 0 Å². The van der Waals surface area contributed by atoms with Crippen molar-refractivity contribution in [2.45, 2.75) is 94.0 Å². The quantitative estimate of drug-likeness (QED) is 0.0265. The normalized spacial score (nSPS) is 18.6. The molecule has 0 fully saturated rings. The molecule has 0 saturated carbocycles. The Hall–Kier alpha value is 5.57. The van der Waals surface area contributed by atoms with Gasteiger partial charge in [0.15, 0.2) is 0 Å². The summed E-state index contributed by atoms with van der Waals surface area (Å²) in [5.41, 5.74) is 0. The summed E-state index contributed by atoms with van der Waals surface area (Å²) < 4.78 is 67.9. The Morgan fingerprint density at radius 3 is 0.472 bits per heavy atom. The average Bonchev–Trinajstić information content (AvgIpc) is 3.04. The second kappa shape index (κ2) is 42.9. The summed E-state index contributed by atoms with van der Waals surface area (Å²) in [6, 6.07) is 0. The number of alkyl halides is 8. The molecule has 0 aliphatic heterocycles. The van der Waals surface area contributed by atoms with Crippen molar-refractivity contribution in [3.63, 3.8) is 0 Å². The molecule has 0 amide bonds. The van der Waals surface area contributed by atoms with Crippen LogP contribution in [-0.2, 0) is 70.8 Å². The molecule has 0 aromatic carbocycles. The summed E-state index contributed by atoms with van der Waals surface area (Å²) in [4.78, 5) is 1.81. The summed E-state index contributed by atoms with van der Waals surface area (Å²) in [6.45, 7) is 21.4. The second-order valence-electron chi connectivity index (χ2n) is 10.8. The number of halogens is 8. The van der Waals surface area contributed by atoms with Gasteiger partial charge in [0.05, 0.1) is 79.3 Å². The predicted octanol–water partition coefficient (Wildman–Crippen LogP) is 13.3. The van der Waals surface area contributed by atoms with Crippen LogP contribution in [0, 0.1) is 0 Å². The smallest absolute Gasteiger partial charge is 0.311 e. The van der Waals surface area contributed by atoms with Gasteiger partial charge in [-0.1, -0.05) is 183 Å². The van der Waals surface area contributed by atoms with Crippen molar-refractivity contribution >= 4 is 162 Å². The zero-order chi connectivity index (χ0) is 39.9. The minimum absolute atomic E-state index is 0. The molecule has 0 aliphatic carbocycles. The number of hydrogen-bond acceptors (Lipinski definition) is 12. The van der Waals surface area contributed by atoms with E-state index in [1.54, 1.807) is 0 Å². The van der Waals surface area contributed by atoms with Gasteiger partial charge in [-0.25, -0.2) is 0 Å². The van der Waals surface area contributed by atoms with Gasteiger partial charge in [-0.05, 0) is 0 Å². The van der Waals surface area contributed by atoms with Crippen LogP contribution in [0.25, 0.3) is 0 Å². The maximum absolute atomic E-state index is 5.68. The Morgan fingerprint density at radius 1 is 0.264 bits per heavy atom. The summed E-state index contributed by atoms with van der Waals surface area (Å²) in [5.74, 6) is 0. The van der Waals surface area contributed by atoms with Crippen molar-refractivity contribution in [2.24, 2.45) is 0 Å². The van der Waals surface area contributed by atoms with E-state index in [1.165, 1.54) is 0 Å². The zero-order valence-electron chi connectivity index (χ0n) is 31.1. The first kappa shape index (κ1) is 62.9. The third-order valence-corrected chi connectivity index (χ3v) is 10.8. The first-order chi connectivity index (χ1) is 24.4. The standard InChI is InChI=1S/2C14H28Br4O6P2.Ni/c2*1-11(15)7-21-25(22-8-12(2)16)19-5-6-20-26(23-9-13(3)17)24-10-14(4)18;/h2*11-14H,5-10H2,1-4H3;. The van der Waals surface area contributed by atoms with Crippen LogP contribution >= 0.6 is 162 Å². The number of hydrogen-bond donors (Lipinski definition) is 0. The summed E-state index contributed by atoms with van der Waals surface area (Å²) >= 11 is 27.5. The molecule has 0 aliphatic rings. The molecule has 0 rings (SSSR count). The van der Waals surface area contributed by atoms with Crippen molar-refractivity contribution in [1.82, 2.24) is 0 Å². The third-order valence-electron chi connectivity index (χ3n) is 4.23. The molecule has 0 radical (unpaired) electrons. The van der Waals surface area contributed by atoms with E-state index in [4.69, 9.17) is 54.3 Å². The van der Waals surface area contributed by atoms with Crippen LogP contribution in [0.5, 0.6) is 0 Å². The molecule has 326 valence electrons. The van der Waals surface area contributed by atoms with Crippen molar-refractivity contribution < 1.29 is 70.8 Å². The molecule has 53 heavy (non-hydrogen) atoms. The van der Waals surface area contributed by atoms with Crippen LogP contribution in [-0.4, -0.2) is 118 Å². The molecular formula is C28H56Br8NiO12P4. The molecule has 0 bridgehead atoms. The van der Waals surface area contributed by atoms with E-state index in [2.05, 4.69) is 127 Å². The van der Waals surface area contributed by atoms with Crippen LogP contribution in [0.1, 0.15) is 55.4 Å². The molecule has 8 unspecified atom stereocenters. The molecule has 0 aromatic rings. The van der Waals surface area contributed by atoms with Gasteiger partial charge in [-0.15, -0.1) is 0 Å². The Labute approximate surface area is 401 Å². The van der Waals surface area contributed by atoms with E-state index >= 15 is 0 Å². The largest absolute Gasteiger partial charge is 0.332 e. The summed E-state index contributed by atoms with van der Waals surface area (Å²) in [6.07, 6.45) is 0. The van der Waals surface area contributed by atoms with E-state index in [1.807, 2.05) is 55.4 Å². The van der Waals surface area contributed by atoms with Gasteiger partial charge < -0.3 is 54.3 Å². The van der Waals surface area contributed by atoms with Crippen LogP contribution in [0.4, 0.5) is 0 Å². The Balaban J connectivity index is -0.000000926. The van der Waals surface area contributed by atoms with Crippen molar-refractivity contribution in [3.8, 4) is 0 Å². The summed E-state index contributed by atoms with van der Waals surface area (Å²) in [7, 11) is -5.69. The topological polar surface area (TPSA) is 111 Å². The molecular weight excluding hydrogens is 1350 g/mol. The summed E-state index contributed by atoms with van der Waals surface area (Å²) in [5, 5.41) is 0. The van der Waals surface area contributed by atoms with E-state index in [9.17, 15) is 0 Å². The molecule has 0 heterocycles. The Kier molecular flexibility index (Phi) is 50.8. The fourth-order valence-corrected chi connectivity index (χ4v) is 9.45. The fraction of sp³-hybridized carbons (Fsp3) is 1.00. The second-order valence-corrected chi connectivity index (χ2v) is 28.2. The van der Waals surface area contributed by atoms with Crippen LogP contribution < -0.4 is 0 Å². The Bertz CT molecular complexity index is 619. The maximum atomic E-state index is 5.68. The third kappa shape index (κ3) is 50.1. The van der Waals surface area contributed by atoms with Gasteiger partial charge in [0.25, 0.3) is 0 Å². The van der Waals surface area contributed by atoms with Gasteiger partial charge in [0.1, 0.15) is 0 Å². The van der Waals surface area contributed by atoms with E-state index < -0.39 is 34.4 Å². The van der Waals surface area contributed by atoms with E-state index in [0.717, 1.165) is 0 Å². The minimum Gasteiger partial charge on any atom is -0.311 e. The molecule has 0 saturated heterocycles. The van der Waals surface area contributed by atoms with Gasteiger partial charge >= 0.3 is 34.4 Å². The van der Waals surface area contributed by atoms with Crippen molar-refractivity contribution in [2.75, 3.05) is 79.3 Å². The minimum atomic E-state index is -1.42. The average molecular weight is 1410 g/mol. The molecule has 25 heteroatoms. The van der Waals surface area contributed by atoms with E-state index in [-0.39, 0.29) is 55.1 Å². The Morgan fingerprint density at radius 2 is 0.377 bits per heavy atom. The SMILES string of the molecule is CC(Br)COP(OCCOP(OCC(C)Br)OCC(C)Br)OCC(C)Br.CC(Br)COP(OCCOP(OCC(C)Br)OCC(C)Br)OCC(C)Br.[Ni]. The molecule has 0 N–H and O–H groups in total. The van der Waals surface area contributed by atoms with Gasteiger partial charge in [0, 0.05) is 55.1 Å². The van der Waals surface area contributed by atoms with Crippen LogP contribution in [0.2, 0.25) is 0 Å². The van der Waals surface area contributed by atoms with Gasteiger partial charge in [-0.3, -0.25) is 0 Å². The predicted molar refractivity (Wildman–Crippen MR) is 246 cm³/mol. The van der Waals surface area contributed by atoms with E-state index in [0.29, 0.717) is 79.3 Å². The molecule has 12 nitrogen and oxygen atoms in total. The maximum Gasteiger partial charge on any atom is 0.332 e. The molecule has 8 atom stereocenters. The van der Waals surface area contributed by atoms with Gasteiger partial charge in [-0.2, -0.15) is 0 Å². The molecule has 0 aromatic heterocycles. The first-order valence-electron chi connectivity index (χ1n) is 16.3. The number of rotatable bonds is 34. The van der Waals surface area contributed by atoms with Gasteiger partial charge in [0.2, 0.25) is 0 Å². The van der Waals surface area contributed by atoms with Crippen LogP contribution in [0.15, 0.2) is 0 Å². The molecule has 0 spiro atoms. The van der Waals surface area contributed by atoms with Crippen molar-refractivity contribution in [1.29, 1.82) is 0 Å². The zero-order valence-corrected chi connectivity index (χ0v) is 48.4. The monoisotopic (exact) mass is 1400 g/mol. The fourth-order valence-electron chi connectivity index (χ4n) is 2.20.